The predicted molar refractivity (Wildman–Crippen MR) is 117 cm³/mol. The third kappa shape index (κ3) is 5.38. The number of rotatable bonds is 7. The van der Waals surface area contributed by atoms with E-state index in [9.17, 15) is 14.0 Å². The Hall–Kier alpha value is -2.89. The van der Waals surface area contributed by atoms with E-state index in [1.54, 1.807) is 12.1 Å². The number of anilines is 1. The molecule has 0 unspecified atom stereocenters. The minimum absolute atomic E-state index is 0.0141. The van der Waals surface area contributed by atoms with Gasteiger partial charge in [-0.1, -0.05) is 44.5 Å². The molecular weight excluding hydrogens is 381 g/mol. The summed E-state index contributed by atoms with van der Waals surface area (Å²) < 4.78 is 13.8. The number of piperidine rings is 1. The van der Waals surface area contributed by atoms with Crippen molar-refractivity contribution in [2.45, 2.75) is 39.2 Å². The predicted octanol–water partition coefficient (Wildman–Crippen LogP) is 4.00. The molecule has 2 aromatic rings. The molecule has 2 aromatic carbocycles. The number of hydrogen-bond acceptors (Lipinski definition) is 3. The van der Waals surface area contributed by atoms with Crippen LogP contribution in [-0.4, -0.2) is 37.5 Å². The number of carbonyl (C=O) groups excluding carboxylic acids is 2. The summed E-state index contributed by atoms with van der Waals surface area (Å²) in [5, 5.41) is 5.97. The molecular formula is C24H30FN3O2. The number of nitrogens with zero attached hydrogens (tertiary/aromatic N) is 1. The highest BCUT2D eigenvalue weighted by Gasteiger charge is 2.24. The highest BCUT2D eigenvalue weighted by molar-refractivity contribution is 5.99. The molecule has 0 aliphatic carbocycles. The molecule has 0 radical (unpaired) electrons. The molecule has 1 saturated heterocycles. The molecule has 5 nitrogen and oxygen atoms in total. The van der Waals surface area contributed by atoms with Gasteiger partial charge in [0.15, 0.2) is 0 Å². The Bertz CT molecular complexity index is 878. The van der Waals surface area contributed by atoms with E-state index in [-0.39, 0.29) is 23.4 Å². The van der Waals surface area contributed by atoms with Gasteiger partial charge in [0.25, 0.3) is 11.8 Å². The second kappa shape index (κ2) is 10.2. The average molecular weight is 412 g/mol. The molecule has 2 N–H and O–H groups in total. The van der Waals surface area contributed by atoms with Crippen LogP contribution in [0.4, 0.5) is 10.1 Å². The van der Waals surface area contributed by atoms with Crippen LogP contribution in [0.5, 0.6) is 0 Å². The molecule has 1 aliphatic heterocycles. The zero-order chi connectivity index (χ0) is 21.5. The minimum atomic E-state index is -0.509. The quantitative estimate of drug-likeness (QED) is 0.724. The Morgan fingerprint density at radius 1 is 1.03 bits per heavy atom. The van der Waals surface area contributed by atoms with Gasteiger partial charge in [0.05, 0.1) is 11.1 Å². The lowest BCUT2D eigenvalue weighted by atomic mass is 10.0. The van der Waals surface area contributed by atoms with Crippen LogP contribution >= 0.6 is 0 Å². The molecule has 0 saturated carbocycles. The Labute approximate surface area is 177 Å². The van der Waals surface area contributed by atoms with Gasteiger partial charge >= 0.3 is 0 Å². The molecule has 1 aliphatic rings. The number of benzene rings is 2. The standard InChI is InChI=1S/C24H30FN3O2/c1-3-17(2)16-26-23(29)20-9-5-7-11-22(20)28-14-12-18(13-15-28)27-24(30)19-8-4-6-10-21(19)25/h4-11,17-18H,3,12-16H2,1-2H3,(H,26,29)(H,27,30)/t17-/m0/s1. The number of halogens is 1. The summed E-state index contributed by atoms with van der Waals surface area (Å²) in [4.78, 5) is 27.2. The van der Waals surface area contributed by atoms with E-state index in [2.05, 4.69) is 29.4 Å². The molecule has 3 rings (SSSR count). The van der Waals surface area contributed by atoms with Crippen molar-refractivity contribution in [3.63, 3.8) is 0 Å². The first-order valence-corrected chi connectivity index (χ1v) is 10.7. The molecule has 0 spiro atoms. The smallest absolute Gasteiger partial charge is 0.254 e. The van der Waals surface area contributed by atoms with Crippen LogP contribution in [0, 0.1) is 11.7 Å². The summed E-state index contributed by atoms with van der Waals surface area (Å²) in [5.41, 5.74) is 1.66. The second-order valence-corrected chi connectivity index (χ2v) is 7.96. The fourth-order valence-electron chi connectivity index (χ4n) is 3.62. The summed E-state index contributed by atoms with van der Waals surface area (Å²) in [5.74, 6) is -0.503. The van der Waals surface area contributed by atoms with Crippen LogP contribution in [0.25, 0.3) is 0 Å². The zero-order valence-corrected chi connectivity index (χ0v) is 17.7. The van der Waals surface area contributed by atoms with Crippen molar-refractivity contribution in [3.05, 3.63) is 65.5 Å². The summed E-state index contributed by atoms with van der Waals surface area (Å²) >= 11 is 0. The van der Waals surface area contributed by atoms with Gasteiger partial charge in [-0.3, -0.25) is 9.59 Å². The lowest BCUT2D eigenvalue weighted by molar-refractivity contribution is 0.0925. The van der Waals surface area contributed by atoms with Gasteiger partial charge in [-0.05, 0) is 43.0 Å². The maximum absolute atomic E-state index is 13.8. The van der Waals surface area contributed by atoms with Gasteiger partial charge in [0, 0.05) is 31.4 Å². The first-order chi connectivity index (χ1) is 14.5. The molecule has 6 heteroatoms. The van der Waals surface area contributed by atoms with Crippen molar-refractivity contribution >= 4 is 17.5 Å². The second-order valence-electron chi connectivity index (χ2n) is 7.96. The van der Waals surface area contributed by atoms with Gasteiger partial charge in [-0.25, -0.2) is 4.39 Å². The van der Waals surface area contributed by atoms with Crippen molar-refractivity contribution in [2.24, 2.45) is 5.92 Å². The van der Waals surface area contributed by atoms with Crippen LogP contribution in [0.1, 0.15) is 53.8 Å². The molecule has 30 heavy (non-hydrogen) atoms. The van der Waals surface area contributed by atoms with Crippen LogP contribution in [0.15, 0.2) is 48.5 Å². The van der Waals surface area contributed by atoms with Crippen molar-refractivity contribution < 1.29 is 14.0 Å². The molecule has 1 heterocycles. The lowest BCUT2D eigenvalue weighted by Crippen LogP contribution is -2.45. The maximum Gasteiger partial charge on any atom is 0.254 e. The highest BCUT2D eigenvalue weighted by Crippen LogP contribution is 2.24. The zero-order valence-electron chi connectivity index (χ0n) is 17.7. The van der Waals surface area contributed by atoms with E-state index in [1.165, 1.54) is 12.1 Å². The van der Waals surface area contributed by atoms with Crippen molar-refractivity contribution in [1.82, 2.24) is 10.6 Å². The summed E-state index contributed by atoms with van der Waals surface area (Å²) in [6.45, 7) is 6.33. The van der Waals surface area contributed by atoms with Gasteiger partial charge in [-0.15, -0.1) is 0 Å². The highest BCUT2D eigenvalue weighted by atomic mass is 19.1. The van der Waals surface area contributed by atoms with Crippen LogP contribution in [-0.2, 0) is 0 Å². The van der Waals surface area contributed by atoms with E-state index in [0.717, 1.165) is 38.0 Å². The van der Waals surface area contributed by atoms with E-state index in [0.29, 0.717) is 18.0 Å². The Morgan fingerprint density at radius 2 is 1.67 bits per heavy atom. The molecule has 160 valence electrons. The fourth-order valence-corrected chi connectivity index (χ4v) is 3.62. The van der Waals surface area contributed by atoms with Crippen LogP contribution < -0.4 is 15.5 Å². The summed E-state index contributed by atoms with van der Waals surface area (Å²) in [6, 6.07) is 13.6. The van der Waals surface area contributed by atoms with E-state index < -0.39 is 5.82 Å². The minimum Gasteiger partial charge on any atom is -0.371 e. The Balaban J connectivity index is 1.59. The van der Waals surface area contributed by atoms with Crippen molar-refractivity contribution in [1.29, 1.82) is 0 Å². The molecule has 1 atom stereocenters. The molecule has 2 amide bonds. The number of nitrogens with one attached hydrogen (secondary N) is 2. The van der Waals surface area contributed by atoms with Gasteiger partial charge in [0.2, 0.25) is 0 Å². The van der Waals surface area contributed by atoms with Gasteiger partial charge in [0.1, 0.15) is 5.82 Å². The Kier molecular flexibility index (Phi) is 7.44. The van der Waals surface area contributed by atoms with Crippen LogP contribution in [0.2, 0.25) is 0 Å². The van der Waals surface area contributed by atoms with Crippen molar-refractivity contribution in [2.75, 3.05) is 24.5 Å². The largest absolute Gasteiger partial charge is 0.371 e. The summed E-state index contributed by atoms with van der Waals surface area (Å²) in [6.07, 6.45) is 2.50. The third-order valence-corrected chi connectivity index (χ3v) is 5.75. The number of carbonyl (C=O) groups is 2. The first-order valence-electron chi connectivity index (χ1n) is 10.7. The normalized spacial score (nSPS) is 15.5. The molecule has 0 aromatic heterocycles. The van der Waals surface area contributed by atoms with E-state index >= 15 is 0 Å². The number of amides is 2. The lowest BCUT2D eigenvalue weighted by Gasteiger charge is -2.35. The Morgan fingerprint density at radius 3 is 2.33 bits per heavy atom. The van der Waals surface area contributed by atoms with E-state index in [1.807, 2.05) is 24.3 Å². The third-order valence-electron chi connectivity index (χ3n) is 5.75. The average Bonchev–Trinajstić information content (AvgIpc) is 2.78. The monoisotopic (exact) mass is 411 g/mol. The first kappa shape index (κ1) is 21.8. The maximum atomic E-state index is 13.8. The SMILES string of the molecule is CC[C@H](C)CNC(=O)c1ccccc1N1CCC(NC(=O)c2ccccc2F)CC1. The van der Waals surface area contributed by atoms with Crippen molar-refractivity contribution in [3.8, 4) is 0 Å². The van der Waals surface area contributed by atoms with Gasteiger partial charge in [-0.2, -0.15) is 0 Å². The van der Waals surface area contributed by atoms with Gasteiger partial charge < -0.3 is 15.5 Å². The number of para-hydroxylation sites is 1. The summed E-state index contributed by atoms with van der Waals surface area (Å²) in [7, 11) is 0. The molecule has 0 bridgehead atoms. The fraction of sp³-hybridized carbons (Fsp3) is 0.417. The van der Waals surface area contributed by atoms with E-state index in [4.69, 9.17) is 0 Å². The van der Waals surface area contributed by atoms with Crippen LogP contribution in [0.3, 0.4) is 0 Å². The number of hydrogen-bond donors (Lipinski definition) is 2. The topological polar surface area (TPSA) is 61.4 Å². The molecule has 1 fully saturated rings.